The van der Waals surface area contributed by atoms with Gasteiger partial charge in [-0.25, -0.2) is 8.42 Å². The molecule has 0 aliphatic carbocycles. The summed E-state index contributed by atoms with van der Waals surface area (Å²) in [4.78, 5) is 12.8. The molecule has 3 rings (SSSR count). The molecule has 0 aliphatic rings. The molecule has 0 bridgehead atoms. The van der Waals surface area contributed by atoms with Gasteiger partial charge in [0.15, 0.2) is 0 Å². The van der Waals surface area contributed by atoms with Crippen molar-refractivity contribution in [2.75, 3.05) is 15.9 Å². The molecule has 0 fully saturated rings. The van der Waals surface area contributed by atoms with E-state index in [2.05, 4.69) is 5.32 Å². The SMILES string of the molecule is C[C@H](C(=O)Nc1cccc(Cl)c1Cl)N(c1ccc(Oc2ccccc2)cc1)S(C)(=O)=O. The molecule has 0 aliphatic heterocycles. The van der Waals surface area contributed by atoms with Crippen LogP contribution in [0, 0.1) is 0 Å². The molecular formula is C22H20Cl2N2O4S. The Hall–Kier alpha value is -2.74. The standard InChI is InChI=1S/C22H20Cl2N2O4S/c1-15(22(27)25-20-10-6-9-19(23)21(20)24)26(31(2,28)29)16-11-13-18(14-12-16)30-17-7-4-3-5-8-17/h3-15H,1-2H3,(H,25,27)/t15-/m1/s1. The highest BCUT2D eigenvalue weighted by atomic mass is 35.5. The van der Waals surface area contributed by atoms with Gasteiger partial charge in [0, 0.05) is 0 Å². The maximum absolute atomic E-state index is 12.8. The average Bonchev–Trinajstić information content (AvgIpc) is 2.72. The third-order valence-electron chi connectivity index (χ3n) is 4.37. The molecule has 3 aromatic rings. The van der Waals surface area contributed by atoms with E-state index in [4.69, 9.17) is 27.9 Å². The Morgan fingerprint density at radius 3 is 2.16 bits per heavy atom. The summed E-state index contributed by atoms with van der Waals surface area (Å²) < 4.78 is 31.8. The van der Waals surface area contributed by atoms with Gasteiger partial charge in [-0.05, 0) is 55.5 Å². The molecule has 9 heteroatoms. The highest BCUT2D eigenvalue weighted by Crippen LogP contribution is 2.31. The lowest BCUT2D eigenvalue weighted by Gasteiger charge is -2.28. The molecule has 31 heavy (non-hydrogen) atoms. The third kappa shape index (κ3) is 5.70. The van der Waals surface area contributed by atoms with E-state index in [9.17, 15) is 13.2 Å². The number of anilines is 2. The number of hydrogen-bond acceptors (Lipinski definition) is 4. The van der Waals surface area contributed by atoms with Crippen LogP contribution in [0.5, 0.6) is 11.5 Å². The fraction of sp³-hybridized carbons (Fsp3) is 0.136. The monoisotopic (exact) mass is 478 g/mol. The van der Waals surface area contributed by atoms with Gasteiger partial charge in [-0.3, -0.25) is 9.10 Å². The number of nitrogens with one attached hydrogen (secondary N) is 1. The Kier molecular flexibility index (Phi) is 7.10. The van der Waals surface area contributed by atoms with Crippen LogP contribution in [0.1, 0.15) is 6.92 Å². The van der Waals surface area contributed by atoms with E-state index in [-0.39, 0.29) is 10.0 Å². The molecule has 0 aromatic heterocycles. The minimum atomic E-state index is -3.77. The second-order valence-corrected chi connectivity index (χ2v) is 9.38. The summed E-state index contributed by atoms with van der Waals surface area (Å²) in [5, 5.41) is 3.09. The van der Waals surface area contributed by atoms with Gasteiger partial charge < -0.3 is 10.1 Å². The van der Waals surface area contributed by atoms with Crippen LogP contribution in [-0.2, 0) is 14.8 Å². The average molecular weight is 479 g/mol. The number of benzene rings is 3. The van der Waals surface area contributed by atoms with Crippen LogP contribution in [-0.4, -0.2) is 26.6 Å². The van der Waals surface area contributed by atoms with Gasteiger partial charge in [-0.15, -0.1) is 0 Å². The van der Waals surface area contributed by atoms with Crippen molar-refractivity contribution in [3.63, 3.8) is 0 Å². The molecule has 0 spiro atoms. The highest BCUT2D eigenvalue weighted by Gasteiger charge is 2.29. The van der Waals surface area contributed by atoms with Crippen molar-refractivity contribution >= 4 is 50.5 Å². The van der Waals surface area contributed by atoms with Gasteiger partial charge in [-0.1, -0.05) is 47.5 Å². The van der Waals surface area contributed by atoms with Gasteiger partial charge >= 0.3 is 0 Å². The zero-order valence-electron chi connectivity index (χ0n) is 16.7. The largest absolute Gasteiger partial charge is 0.457 e. The van der Waals surface area contributed by atoms with E-state index in [0.29, 0.717) is 22.9 Å². The quantitative estimate of drug-likeness (QED) is 0.480. The Bertz CT molecular complexity index is 1170. The number of sulfonamides is 1. The molecule has 0 unspecified atom stereocenters. The van der Waals surface area contributed by atoms with Gasteiger partial charge in [0.25, 0.3) is 0 Å². The lowest BCUT2D eigenvalue weighted by atomic mass is 10.2. The van der Waals surface area contributed by atoms with Gasteiger partial charge in [0.05, 0.1) is 27.7 Å². The highest BCUT2D eigenvalue weighted by molar-refractivity contribution is 7.92. The Balaban J connectivity index is 1.82. The number of nitrogens with zero attached hydrogens (tertiary/aromatic N) is 1. The van der Waals surface area contributed by atoms with E-state index in [1.165, 1.54) is 6.92 Å². The Labute approximate surface area is 191 Å². The zero-order chi connectivity index (χ0) is 22.6. The number of amides is 1. The van der Waals surface area contributed by atoms with Crippen molar-refractivity contribution in [2.45, 2.75) is 13.0 Å². The first-order chi connectivity index (χ1) is 14.7. The normalized spacial score (nSPS) is 12.1. The molecule has 1 atom stereocenters. The Morgan fingerprint density at radius 2 is 1.55 bits per heavy atom. The van der Waals surface area contributed by atoms with Gasteiger partial charge in [0.2, 0.25) is 15.9 Å². The van der Waals surface area contributed by atoms with Gasteiger partial charge in [-0.2, -0.15) is 0 Å². The molecule has 0 saturated heterocycles. The summed E-state index contributed by atoms with van der Waals surface area (Å²) in [5.41, 5.74) is 0.619. The van der Waals surface area contributed by atoms with Crippen LogP contribution in [0.3, 0.4) is 0 Å². The topological polar surface area (TPSA) is 75.7 Å². The lowest BCUT2D eigenvalue weighted by molar-refractivity contribution is -0.116. The number of halogens is 2. The maximum atomic E-state index is 12.8. The summed E-state index contributed by atoms with van der Waals surface area (Å²) in [6, 6.07) is 19.4. The third-order valence-corrected chi connectivity index (χ3v) is 6.43. The first kappa shape index (κ1) is 22.9. The van der Waals surface area contributed by atoms with Crippen molar-refractivity contribution in [1.82, 2.24) is 0 Å². The maximum Gasteiger partial charge on any atom is 0.248 e. The summed E-state index contributed by atoms with van der Waals surface area (Å²) in [5.74, 6) is 0.631. The number of ether oxygens (including phenoxy) is 1. The second-order valence-electron chi connectivity index (χ2n) is 6.73. The van der Waals surface area contributed by atoms with E-state index >= 15 is 0 Å². The van der Waals surface area contributed by atoms with E-state index in [1.54, 1.807) is 42.5 Å². The number of para-hydroxylation sites is 1. The van der Waals surface area contributed by atoms with Crippen LogP contribution < -0.4 is 14.4 Å². The molecule has 3 aromatic carbocycles. The predicted molar refractivity (Wildman–Crippen MR) is 125 cm³/mol. The van der Waals surface area contributed by atoms with Crippen molar-refractivity contribution in [3.05, 3.63) is 82.8 Å². The van der Waals surface area contributed by atoms with Crippen LogP contribution in [0.25, 0.3) is 0 Å². The molecule has 0 radical (unpaired) electrons. The molecule has 0 saturated carbocycles. The molecular weight excluding hydrogens is 459 g/mol. The fourth-order valence-electron chi connectivity index (χ4n) is 2.93. The number of carbonyl (C=O) groups excluding carboxylic acids is 1. The minimum absolute atomic E-state index is 0.179. The summed E-state index contributed by atoms with van der Waals surface area (Å²) in [6.45, 7) is 1.49. The van der Waals surface area contributed by atoms with Gasteiger partial charge in [0.1, 0.15) is 17.5 Å². The van der Waals surface area contributed by atoms with Crippen molar-refractivity contribution in [2.24, 2.45) is 0 Å². The predicted octanol–water partition coefficient (Wildman–Crippen LogP) is 5.58. The number of rotatable bonds is 7. The first-order valence-electron chi connectivity index (χ1n) is 9.24. The molecule has 162 valence electrons. The number of hydrogen-bond donors (Lipinski definition) is 1. The van der Waals surface area contributed by atoms with Crippen LogP contribution in [0.2, 0.25) is 10.0 Å². The lowest BCUT2D eigenvalue weighted by Crippen LogP contribution is -2.45. The summed E-state index contributed by atoms with van der Waals surface area (Å²) >= 11 is 12.1. The van der Waals surface area contributed by atoms with Crippen LogP contribution in [0.4, 0.5) is 11.4 Å². The molecule has 1 amide bonds. The zero-order valence-corrected chi connectivity index (χ0v) is 19.1. The molecule has 6 nitrogen and oxygen atoms in total. The molecule has 0 heterocycles. The Morgan fingerprint density at radius 1 is 0.935 bits per heavy atom. The summed E-state index contributed by atoms with van der Waals surface area (Å²) in [6.07, 6.45) is 1.04. The van der Waals surface area contributed by atoms with Crippen molar-refractivity contribution in [1.29, 1.82) is 0 Å². The van der Waals surface area contributed by atoms with Crippen LogP contribution >= 0.6 is 23.2 Å². The van der Waals surface area contributed by atoms with Crippen LogP contribution in [0.15, 0.2) is 72.8 Å². The van der Waals surface area contributed by atoms with E-state index in [1.807, 2.05) is 30.3 Å². The van der Waals surface area contributed by atoms with Crippen molar-refractivity contribution < 1.29 is 17.9 Å². The van der Waals surface area contributed by atoms with E-state index < -0.39 is 22.0 Å². The minimum Gasteiger partial charge on any atom is -0.457 e. The second kappa shape index (κ2) is 9.60. The van der Waals surface area contributed by atoms with E-state index in [0.717, 1.165) is 10.6 Å². The smallest absolute Gasteiger partial charge is 0.248 e. The summed E-state index contributed by atoms with van der Waals surface area (Å²) in [7, 11) is -3.77. The molecule has 1 N–H and O–H groups in total. The fourth-order valence-corrected chi connectivity index (χ4v) is 4.45. The van der Waals surface area contributed by atoms with Crippen molar-refractivity contribution in [3.8, 4) is 11.5 Å². The number of carbonyl (C=O) groups is 1. The first-order valence-corrected chi connectivity index (χ1v) is 11.8.